The van der Waals surface area contributed by atoms with Crippen molar-refractivity contribution in [3.05, 3.63) is 65.0 Å². The molecule has 0 spiro atoms. The third-order valence-corrected chi connectivity index (χ3v) is 6.58. The van der Waals surface area contributed by atoms with Crippen molar-refractivity contribution in [1.29, 1.82) is 0 Å². The Hall–Kier alpha value is -2.36. The number of rotatable bonds is 2. The van der Waals surface area contributed by atoms with Crippen LogP contribution in [0.3, 0.4) is 0 Å². The highest BCUT2D eigenvalue weighted by molar-refractivity contribution is 5.95. The van der Waals surface area contributed by atoms with Crippen LogP contribution < -0.4 is 5.32 Å². The van der Waals surface area contributed by atoms with Crippen molar-refractivity contribution < 1.29 is 14.3 Å². The SMILES string of the molecule is O=C(O)c1cccc2c1N[C@H](c1ccc(F)cc1)[C@@H]1[C@@H]3CC[C@@H](C3)[C@@H]21. The molecule has 2 N–H and O–H groups in total. The zero-order chi connectivity index (χ0) is 17.1. The van der Waals surface area contributed by atoms with E-state index in [1.54, 1.807) is 6.07 Å². The number of carboxylic acid groups (broad SMARTS) is 1. The van der Waals surface area contributed by atoms with Crippen LogP contribution in [0, 0.1) is 23.6 Å². The van der Waals surface area contributed by atoms with Gasteiger partial charge in [0.2, 0.25) is 0 Å². The number of para-hydroxylation sites is 1. The molecule has 0 amide bonds. The van der Waals surface area contributed by atoms with Gasteiger partial charge in [-0.25, -0.2) is 9.18 Å². The van der Waals surface area contributed by atoms with Gasteiger partial charge in [0.15, 0.2) is 0 Å². The lowest BCUT2D eigenvalue weighted by molar-refractivity contribution is 0.0697. The predicted octanol–water partition coefficient (Wildman–Crippen LogP) is 4.82. The van der Waals surface area contributed by atoms with E-state index in [2.05, 4.69) is 11.4 Å². The molecule has 0 aromatic heterocycles. The van der Waals surface area contributed by atoms with Gasteiger partial charge in [0.1, 0.15) is 5.82 Å². The minimum Gasteiger partial charge on any atom is -0.478 e. The van der Waals surface area contributed by atoms with Crippen LogP contribution in [0.4, 0.5) is 10.1 Å². The van der Waals surface area contributed by atoms with Gasteiger partial charge in [0.05, 0.1) is 17.3 Å². The van der Waals surface area contributed by atoms with Crippen LogP contribution in [0.5, 0.6) is 0 Å². The monoisotopic (exact) mass is 337 g/mol. The highest BCUT2D eigenvalue weighted by Gasteiger charge is 2.54. The maximum atomic E-state index is 13.4. The molecule has 3 nitrogen and oxygen atoms in total. The number of halogens is 1. The lowest BCUT2D eigenvalue weighted by Gasteiger charge is -2.44. The highest BCUT2D eigenvalue weighted by Crippen LogP contribution is 2.63. The number of nitrogens with one attached hydrogen (secondary N) is 1. The van der Waals surface area contributed by atoms with E-state index in [1.165, 1.54) is 31.4 Å². The molecule has 4 heteroatoms. The zero-order valence-corrected chi connectivity index (χ0v) is 13.8. The molecule has 2 aliphatic carbocycles. The fourth-order valence-corrected chi connectivity index (χ4v) is 5.69. The molecule has 2 bridgehead atoms. The number of carbonyl (C=O) groups is 1. The van der Waals surface area contributed by atoms with Crippen LogP contribution in [0.1, 0.15) is 52.7 Å². The molecule has 25 heavy (non-hydrogen) atoms. The summed E-state index contributed by atoms with van der Waals surface area (Å²) in [6.07, 6.45) is 3.71. The number of hydrogen-bond donors (Lipinski definition) is 2. The van der Waals surface area contributed by atoms with Crippen molar-refractivity contribution in [2.24, 2.45) is 17.8 Å². The first-order chi connectivity index (χ1) is 12.1. The van der Waals surface area contributed by atoms with Crippen LogP contribution in [0.15, 0.2) is 42.5 Å². The molecule has 2 aromatic carbocycles. The van der Waals surface area contributed by atoms with Gasteiger partial charge in [-0.05, 0) is 72.3 Å². The third kappa shape index (κ3) is 2.13. The summed E-state index contributed by atoms with van der Waals surface area (Å²) in [7, 11) is 0. The van der Waals surface area contributed by atoms with Gasteiger partial charge in [0.25, 0.3) is 0 Å². The molecule has 1 heterocycles. The van der Waals surface area contributed by atoms with E-state index in [9.17, 15) is 14.3 Å². The van der Waals surface area contributed by atoms with E-state index in [-0.39, 0.29) is 11.9 Å². The summed E-state index contributed by atoms with van der Waals surface area (Å²) in [5.41, 5.74) is 3.31. The molecule has 1 aliphatic heterocycles. The minimum atomic E-state index is -0.899. The van der Waals surface area contributed by atoms with Gasteiger partial charge >= 0.3 is 5.97 Å². The van der Waals surface area contributed by atoms with E-state index in [4.69, 9.17) is 0 Å². The van der Waals surface area contributed by atoms with Gasteiger partial charge in [-0.1, -0.05) is 24.3 Å². The summed E-state index contributed by atoms with van der Waals surface area (Å²) in [6, 6.07) is 12.3. The Morgan fingerprint density at radius 3 is 2.60 bits per heavy atom. The molecule has 0 unspecified atom stereocenters. The predicted molar refractivity (Wildman–Crippen MR) is 93.2 cm³/mol. The van der Waals surface area contributed by atoms with Gasteiger partial charge in [-0.3, -0.25) is 0 Å². The van der Waals surface area contributed by atoms with Crippen LogP contribution in [0.25, 0.3) is 0 Å². The number of aromatic carboxylic acids is 1. The molecule has 2 aromatic rings. The summed E-state index contributed by atoms with van der Waals surface area (Å²) in [6.45, 7) is 0. The summed E-state index contributed by atoms with van der Waals surface area (Å²) >= 11 is 0. The molecular weight excluding hydrogens is 317 g/mol. The number of benzene rings is 2. The molecule has 2 fully saturated rings. The molecule has 128 valence electrons. The van der Waals surface area contributed by atoms with Crippen LogP contribution in [-0.2, 0) is 0 Å². The van der Waals surface area contributed by atoms with E-state index in [0.29, 0.717) is 29.2 Å². The number of hydrogen-bond acceptors (Lipinski definition) is 2. The average Bonchev–Trinajstić information content (AvgIpc) is 3.23. The summed E-state index contributed by atoms with van der Waals surface area (Å²) in [4.78, 5) is 11.7. The second-order valence-electron chi connectivity index (χ2n) is 7.68. The standard InChI is InChI=1S/C21H20FNO2/c22-14-8-6-11(7-9-14)19-18-13-5-4-12(10-13)17(18)15-2-1-3-16(21(24)25)20(15)23-19/h1-3,6-9,12-13,17-19,23H,4-5,10H2,(H,24,25)/t12-,13+,17-,18+,19+/m0/s1. The first kappa shape index (κ1) is 14.9. The quantitative estimate of drug-likeness (QED) is 0.826. The normalized spacial score (nSPS) is 32.0. The van der Waals surface area contributed by atoms with Crippen molar-refractivity contribution >= 4 is 11.7 Å². The lowest BCUT2D eigenvalue weighted by Crippen LogP contribution is -2.36. The molecular formula is C21H20FNO2. The van der Waals surface area contributed by atoms with E-state index >= 15 is 0 Å². The van der Waals surface area contributed by atoms with Crippen molar-refractivity contribution in [3.63, 3.8) is 0 Å². The van der Waals surface area contributed by atoms with Crippen molar-refractivity contribution in [2.75, 3.05) is 5.32 Å². The van der Waals surface area contributed by atoms with Gasteiger partial charge in [-0.15, -0.1) is 0 Å². The number of carboxylic acids is 1. The zero-order valence-electron chi connectivity index (χ0n) is 13.8. The van der Waals surface area contributed by atoms with Gasteiger partial charge in [0, 0.05) is 0 Å². The van der Waals surface area contributed by atoms with Crippen LogP contribution >= 0.6 is 0 Å². The lowest BCUT2D eigenvalue weighted by atomic mass is 9.67. The fraction of sp³-hybridized carbons (Fsp3) is 0.381. The minimum absolute atomic E-state index is 0.0499. The van der Waals surface area contributed by atoms with Crippen molar-refractivity contribution in [1.82, 2.24) is 0 Å². The van der Waals surface area contributed by atoms with Gasteiger partial charge in [-0.2, -0.15) is 0 Å². The molecule has 2 saturated carbocycles. The Morgan fingerprint density at radius 2 is 1.84 bits per heavy atom. The van der Waals surface area contributed by atoms with Gasteiger partial charge < -0.3 is 10.4 Å². The second-order valence-corrected chi connectivity index (χ2v) is 7.68. The Morgan fingerprint density at radius 1 is 1.08 bits per heavy atom. The first-order valence-corrected chi connectivity index (χ1v) is 9.01. The Kier molecular flexibility index (Phi) is 3.18. The maximum absolute atomic E-state index is 13.4. The largest absolute Gasteiger partial charge is 0.478 e. The van der Waals surface area contributed by atoms with E-state index in [0.717, 1.165) is 16.8 Å². The fourth-order valence-electron chi connectivity index (χ4n) is 5.69. The number of anilines is 1. The summed E-state index contributed by atoms with van der Waals surface area (Å²) in [5, 5.41) is 13.2. The first-order valence-electron chi connectivity index (χ1n) is 9.01. The van der Waals surface area contributed by atoms with Crippen molar-refractivity contribution in [3.8, 4) is 0 Å². The molecule has 0 saturated heterocycles. The van der Waals surface area contributed by atoms with Crippen molar-refractivity contribution in [2.45, 2.75) is 31.2 Å². The summed E-state index contributed by atoms with van der Waals surface area (Å²) < 4.78 is 13.4. The maximum Gasteiger partial charge on any atom is 0.337 e. The Bertz CT molecular complexity index is 847. The molecule has 5 atom stereocenters. The Labute approximate surface area is 145 Å². The molecule has 0 radical (unpaired) electrons. The smallest absolute Gasteiger partial charge is 0.337 e. The third-order valence-electron chi connectivity index (χ3n) is 6.58. The molecule has 3 aliphatic rings. The summed E-state index contributed by atoms with van der Waals surface area (Å²) in [5.74, 6) is 1.03. The Balaban J connectivity index is 1.67. The van der Waals surface area contributed by atoms with E-state index in [1.807, 2.05) is 18.2 Å². The average molecular weight is 337 g/mol. The van der Waals surface area contributed by atoms with Crippen LogP contribution in [-0.4, -0.2) is 11.1 Å². The van der Waals surface area contributed by atoms with Crippen LogP contribution in [0.2, 0.25) is 0 Å². The second kappa shape index (κ2) is 5.32. The topological polar surface area (TPSA) is 49.3 Å². The number of fused-ring (bicyclic) bond motifs is 7. The molecule has 5 rings (SSSR count). The highest BCUT2D eigenvalue weighted by atomic mass is 19.1. The van der Waals surface area contributed by atoms with E-state index < -0.39 is 5.97 Å².